The smallest absolute Gasteiger partial charge is 0.255 e. The van der Waals surface area contributed by atoms with Gasteiger partial charge in [-0.05, 0) is 43.7 Å². The molecule has 2 aromatic rings. The van der Waals surface area contributed by atoms with E-state index in [2.05, 4.69) is 5.32 Å². The number of amides is 1. The maximum absolute atomic E-state index is 13.1. The van der Waals surface area contributed by atoms with Crippen LogP contribution < -0.4 is 5.32 Å². The summed E-state index contributed by atoms with van der Waals surface area (Å²) in [5.74, 6) is -0.366. The molecule has 7 nitrogen and oxygen atoms in total. The summed E-state index contributed by atoms with van der Waals surface area (Å²) in [6.07, 6.45) is 0. The lowest BCUT2D eigenvalue weighted by molar-refractivity contribution is 0.102. The number of carbonyl (C=O) groups is 1. The molecule has 0 atom stereocenters. The van der Waals surface area contributed by atoms with Gasteiger partial charge in [0.2, 0.25) is 10.0 Å². The first-order valence-electron chi connectivity index (χ1n) is 9.26. The highest BCUT2D eigenvalue weighted by Crippen LogP contribution is 2.20. The molecule has 0 heterocycles. The van der Waals surface area contributed by atoms with Gasteiger partial charge < -0.3 is 14.8 Å². The fourth-order valence-electron chi connectivity index (χ4n) is 2.83. The Bertz CT molecular complexity index is 936. The minimum absolute atomic E-state index is 0.0537. The number of ether oxygens (including phenoxy) is 2. The van der Waals surface area contributed by atoms with Gasteiger partial charge in [-0.3, -0.25) is 4.79 Å². The average molecular weight is 421 g/mol. The molecule has 0 spiro atoms. The lowest BCUT2D eigenvalue weighted by Crippen LogP contribution is -2.36. The third-order valence-corrected chi connectivity index (χ3v) is 6.35. The highest BCUT2D eigenvalue weighted by Gasteiger charge is 2.25. The highest BCUT2D eigenvalue weighted by atomic mass is 32.2. The van der Waals surface area contributed by atoms with Gasteiger partial charge in [-0.2, -0.15) is 4.31 Å². The van der Waals surface area contributed by atoms with Gasteiger partial charge in [0.05, 0.1) is 18.1 Å². The largest absolute Gasteiger partial charge is 0.383 e. The van der Waals surface area contributed by atoms with Crippen LogP contribution in [0.1, 0.15) is 21.5 Å². The van der Waals surface area contributed by atoms with Crippen molar-refractivity contribution in [1.82, 2.24) is 4.31 Å². The molecule has 0 aromatic heterocycles. The van der Waals surface area contributed by atoms with Crippen LogP contribution in [-0.2, 0) is 19.5 Å². The highest BCUT2D eigenvalue weighted by molar-refractivity contribution is 7.89. The summed E-state index contributed by atoms with van der Waals surface area (Å²) >= 11 is 0. The summed E-state index contributed by atoms with van der Waals surface area (Å²) in [7, 11) is -0.769. The molecule has 29 heavy (non-hydrogen) atoms. The molecule has 0 aliphatic carbocycles. The van der Waals surface area contributed by atoms with E-state index in [1.165, 1.54) is 30.7 Å². The van der Waals surface area contributed by atoms with Gasteiger partial charge in [0.15, 0.2) is 0 Å². The Balaban J connectivity index is 2.26. The molecule has 1 amide bonds. The van der Waals surface area contributed by atoms with Crippen molar-refractivity contribution in [3.05, 3.63) is 59.2 Å². The molecule has 2 rings (SSSR count). The molecular weight excluding hydrogens is 392 g/mol. The van der Waals surface area contributed by atoms with Gasteiger partial charge in [0.25, 0.3) is 5.91 Å². The fraction of sp³-hybridized carbons (Fsp3) is 0.381. The summed E-state index contributed by atoms with van der Waals surface area (Å²) in [5.41, 5.74) is 2.99. The number of benzene rings is 2. The van der Waals surface area contributed by atoms with Crippen LogP contribution >= 0.6 is 0 Å². The minimum Gasteiger partial charge on any atom is -0.383 e. The van der Waals surface area contributed by atoms with Crippen LogP contribution in [0, 0.1) is 13.8 Å². The van der Waals surface area contributed by atoms with Crippen molar-refractivity contribution in [2.45, 2.75) is 18.7 Å². The van der Waals surface area contributed by atoms with Crippen LogP contribution in [0.25, 0.3) is 0 Å². The zero-order valence-electron chi connectivity index (χ0n) is 17.3. The summed E-state index contributed by atoms with van der Waals surface area (Å²) in [4.78, 5) is 12.7. The first-order chi connectivity index (χ1) is 13.8. The van der Waals surface area contributed by atoms with E-state index < -0.39 is 10.0 Å². The number of anilines is 1. The normalized spacial score (nSPS) is 11.6. The van der Waals surface area contributed by atoms with Crippen LogP contribution in [0.15, 0.2) is 47.4 Å². The van der Waals surface area contributed by atoms with E-state index in [1.54, 1.807) is 12.1 Å². The molecule has 0 aliphatic heterocycles. The second-order valence-corrected chi connectivity index (χ2v) is 8.63. The number of nitrogens with zero attached hydrogens (tertiary/aromatic N) is 1. The first kappa shape index (κ1) is 23.0. The average Bonchev–Trinajstić information content (AvgIpc) is 2.70. The standard InChI is InChI=1S/C21H28N2O5S/c1-16-8-9-20(17(2)14-16)22-21(24)18-6-5-7-19(15-18)29(25,26)23(10-12-27-3)11-13-28-4/h5-9,14-15H,10-13H2,1-4H3,(H,22,24). The van der Waals surface area contributed by atoms with Crippen LogP contribution in [-0.4, -0.2) is 59.2 Å². The van der Waals surface area contributed by atoms with Crippen molar-refractivity contribution in [1.29, 1.82) is 0 Å². The van der Waals surface area contributed by atoms with Crippen molar-refractivity contribution in [3.63, 3.8) is 0 Å². The monoisotopic (exact) mass is 420 g/mol. The quantitative estimate of drug-likeness (QED) is 0.639. The van der Waals surface area contributed by atoms with E-state index in [0.29, 0.717) is 5.69 Å². The van der Waals surface area contributed by atoms with E-state index in [1.807, 2.05) is 32.0 Å². The Morgan fingerprint density at radius 2 is 1.66 bits per heavy atom. The maximum atomic E-state index is 13.1. The number of nitrogens with one attached hydrogen (secondary N) is 1. The maximum Gasteiger partial charge on any atom is 0.255 e. The van der Waals surface area contributed by atoms with Gasteiger partial charge in [0.1, 0.15) is 0 Å². The molecule has 2 aromatic carbocycles. The van der Waals surface area contributed by atoms with Gasteiger partial charge in [-0.1, -0.05) is 23.8 Å². The lowest BCUT2D eigenvalue weighted by Gasteiger charge is -2.21. The number of hydrogen-bond donors (Lipinski definition) is 1. The fourth-order valence-corrected chi connectivity index (χ4v) is 4.29. The van der Waals surface area contributed by atoms with Crippen molar-refractivity contribution in [2.24, 2.45) is 0 Å². The number of rotatable bonds is 10. The summed E-state index contributed by atoms with van der Waals surface area (Å²) in [5, 5.41) is 2.84. The second-order valence-electron chi connectivity index (χ2n) is 6.69. The molecule has 158 valence electrons. The van der Waals surface area contributed by atoms with E-state index in [4.69, 9.17) is 9.47 Å². The number of hydrogen-bond acceptors (Lipinski definition) is 5. The molecule has 0 aliphatic rings. The molecular formula is C21H28N2O5S. The Hall–Kier alpha value is -2.26. The molecule has 0 radical (unpaired) electrons. The van der Waals surface area contributed by atoms with Crippen LogP contribution in [0.2, 0.25) is 0 Å². The van der Waals surface area contributed by atoms with Gasteiger partial charge in [-0.15, -0.1) is 0 Å². The van der Waals surface area contributed by atoms with Crippen molar-refractivity contribution in [3.8, 4) is 0 Å². The molecule has 0 fully saturated rings. The zero-order chi connectivity index (χ0) is 21.4. The van der Waals surface area contributed by atoms with E-state index in [9.17, 15) is 13.2 Å². The van der Waals surface area contributed by atoms with Crippen molar-refractivity contribution >= 4 is 21.6 Å². The van der Waals surface area contributed by atoms with Gasteiger partial charge in [0, 0.05) is 38.6 Å². The molecule has 0 saturated heterocycles. The molecule has 0 saturated carbocycles. The molecule has 8 heteroatoms. The van der Waals surface area contributed by atoms with Crippen LogP contribution in [0.4, 0.5) is 5.69 Å². The Labute approximate surface area is 172 Å². The first-order valence-corrected chi connectivity index (χ1v) is 10.7. The summed E-state index contributed by atoms with van der Waals surface area (Å²) in [6, 6.07) is 11.7. The topological polar surface area (TPSA) is 84.9 Å². The van der Waals surface area contributed by atoms with Crippen LogP contribution in [0.5, 0.6) is 0 Å². The summed E-state index contributed by atoms with van der Waals surface area (Å²) in [6.45, 7) is 4.80. The number of sulfonamides is 1. The third kappa shape index (κ3) is 6.11. The number of methoxy groups -OCH3 is 2. The van der Waals surface area contributed by atoms with Crippen molar-refractivity contribution in [2.75, 3.05) is 45.8 Å². The minimum atomic E-state index is -3.79. The van der Waals surface area contributed by atoms with E-state index >= 15 is 0 Å². The van der Waals surface area contributed by atoms with Crippen LogP contribution in [0.3, 0.4) is 0 Å². The Kier molecular flexibility index (Phi) is 8.33. The molecule has 0 unspecified atom stereocenters. The Morgan fingerprint density at radius 1 is 1.00 bits per heavy atom. The lowest BCUT2D eigenvalue weighted by atomic mass is 10.1. The van der Waals surface area contributed by atoms with E-state index in [0.717, 1.165) is 11.1 Å². The number of aryl methyl sites for hydroxylation is 2. The predicted octanol–water partition coefficient (Wildman–Crippen LogP) is 2.84. The summed E-state index contributed by atoms with van der Waals surface area (Å²) < 4.78 is 37.4. The van der Waals surface area contributed by atoms with E-state index in [-0.39, 0.29) is 42.7 Å². The molecule has 1 N–H and O–H groups in total. The predicted molar refractivity (Wildman–Crippen MR) is 113 cm³/mol. The third-order valence-electron chi connectivity index (χ3n) is 4.45. The SMILES string of the molecule is COCCN(CCOC)S(=O)(=O)c1cccc(C(=O)Nc2ccc(C)cc2C)c1. The molecule has 0 bridgehead atoms. The Morgan fingerprint density at radius 3 is 2.24 bits per heavy atom. The van der Waals surface area contributed by atoms with Crippen molar-refractivity contribution < 1.29 is 22.7 Å². The zero-order valence-corrected chi connectivity index (χ0v) is 18.1. The second kappa shape index (κ2) is 10.5. The van der Waals surface area contributed by atoms with Gasteiger partial charge >= 0.3 is 0 Å². The van der Waals surface area contributed by atoms with Gasteiger partial charge in [-0.25, -0.2) is 8.42 Å². The number of carbonyl (C=O) groups excluding carboxylic acids is 1.